The van der Waals surface area contributed by atoms with Crippen LogP contribution in [-0.4, -0.2) is 54.5 Å². The van der Waals surface area contributed by atoms with Gasteiger partial charge in [-0.2, -0.15) is 0 Å². The first-order chi connectivity index (χ1) is 12.5. The molecule has 3 rings (SSSR count). The van der Waals surface area contributed by atoms with Gasteiger partial charge in [0.25, 0.3) is 0 Å². The molecule has 0 aromatic heterocycles. The quantitative estimate of drug-likeness (QED) is 0.830. The fourth-order valence-corrected chi connectivity index (χ4v) is 4.22. The second kappa shape index (κ2) is 8.11. The molecule has 0 atom stereocenters. The van der Waals surface area contributed by atoms with Crippen molar-refractivity contribution in [3.63, 3.8) is 0 Å². The fraction of sp³-hybridized carbons (Fsp3) is 0.619. The number of anilines is 1. The minimum Gasteiger partial charge on any atom is -0.325 e. The number of urea groups is 1. The number of hydrogen-bond donors (Lipinski definition) is 0. The van der Waals surface area contributed by atoms with E-state index in [1.807, 2.05) is 21.6 Å². The summed E-state index contributed by atoms with van der Waals surface area (Å²) in [6, 6.07) is 6.46. The monoisotopic (exact) mass is 357 g/mol. The molecule has 2 aliphatic heterocycles. The molecule has 1 aromatic rings. The molecule has 0 radical (unpaired) electrons. The molecule has 0 saturated carbocycles. The third-order valence-corrected chi connectivity index (χ3v) is 5.59. The summed E-state index contributed by atoms with van der Waals surface area (Å²) in [4.78, 5) is 31.4. The van der Waals surface area contributed by atoms with E-state index in [4.69, 9.17) is 0 Å². The molecule has 2 heterocycles. The van der Waals surface area contributed by atoms with Crippen LogP contribution in [0, 0.1) is 19.8 Å². The Morgan fingerprint density at radius 3 is 2.04 bits per heavy atom. The van der Waals surface area contributed by atoms with Gasteiger partial charge in [0.2, 0.25) is 5.91 Å². The zero-order valence-electron chi connectivity index (χ0n) is 16.3. The molecular weight excluding hydrogens is 326 g/mol. The Balaban J connectivity index is 1.62. The smallest absolute Gasteiger partial charge is 0.319 e. The Morgan fingerprint density at radius 2 is 1.50 bits per heavy atom. The van der Waals surface area contributed by atoms with Gasteiger partial charge < -0.3 is 14.7 Å². The largest absolute Gasteiger partial charge is 0.325 e. The number of carbonyl (C=O) groups excluding carboxylic acids is 2. The van der Waals surface area contributed by atoms with E-state index in [-0.39, 0.29) is 17.9 Å². The van der Waals surface area contributed by atoms with Gasteiger partial charge in [0.15, 0.2) is 0 Å². The second-order valence-electron chi connectivity index (χ2n) is 7.67. The van der Waals surface area contributed by atoms with E-state index in [1.165, 1.54) is 11.1 Å². The Bertz CT molecular complexity index is 639. The topological polar surface area (TPSA) is 43.9 Å². The van der Waals surface area contributed by atoms with Crippen molar-refractivity contribution in [1.82, 2.24) is 9.80 Å². The lowest BCUT2D eigenvalue weighted by Gasteiger charge is -2.36. The number of carbonyl (C=O) groups is 2. The van der Waals surface area contributed by atoms with Crippen molar-refractivity contribution >= 4 is 17.6 Å². The van der Waals surface area contributed by atoms with E-state index in [0.29, 0.717) is 19.6 Å². The third kappa shape index (κ3) is 4.02. The van der Waals surface area contributed by atoms with Crippen LogP contribution in [0.3, 0.4) is 0 Å². The van der Waals surface area contributed by atoms with E-state index in [1.54, 1.807) is 0 Å². The molecule has 2 aliphatic rings. The van der Waals surface area contributed by atoms with Gasteiger partial charge in [-0.1, -0.05) is 6.07 Å². The standard InChI is InChI=1S/C21H31N3O2/c1-4-24(19-14-16(2)13-17(3)15-19)20(25)18-7-11-23(12-8-18)21(26)22-9-5-6-10-22/h13-15,18H,4-12H2,1-3H3. The van der Waals surface area contributed by atoms with Crippen molar-refractivity contribution in [3.05, 3.63) is 29.3 Å². The highest BCUT2D eigenvalue weighted by molar-refractivity contribution is 5.95. The van der Waals surface area contributed by atoms with Gasteiger partial charge >= 0.3 is 6.03 Å². The second-order valence-corrected chi connectivity index (χ2v) is 7.67. The molecule has 0 N–H and O–H groups in total. The minimum atomic E-state index is 0.0124. The average Bonchev–Trinajstić information content (AvgIpc) is 3.15. The van der Waals surface area contributed by atoms with Crippen LogP contribution in [0.1, 0.15) is 43.7 Å². The average molecular weight is 357 g/mol. The van der Waals surface area contributed by atoms with Crippen LogP contribution in [0.4, 0.5) is 10.5 Å². The molecule has 2 fully saturated rings. The highest BCUT2D eigenvalue weighted by atomic mass is 16.2. The number of hydrogen-bond acceptors (Lipinski definition) is 2. The molecule has 5 nitrogen and oxygen atoms in total. The molecule has 1 aromatic carbocycles. The Morgan fingerprint density at radius 1 is 0.962 bits per heavy atom. The highest BCUT2D eigenvalue weighted by Gasteiger charge is 2.32. The van der Waals surface area contributed by atoms with Crippen LogP contribution in [-0.2, 0) is 4.79 Å². The number of rotatable bonds is 3. The van der Waals surface area contributed by atoms with Crippen LogP contribution in [0.2, 0.25) is 0 Å². The van der Waals surface area contributed by atoms with E-state index in [0.717, 1.165) is 44.5 Å². The van der Waals surface area contributed by atoms with E-state index < -0.39 is 0 Å². The summed E-state index contributed by atoms with van der Waals surface area (Å²) in [5, 5.41) is 0. The number of amides is 3. The first kappa shape index (κ1) is 18.7. The third-order valence-electron chi connectivity index (χ3n) is 5.59. The number of nitrogens with zero attached hydrogens (tertiary/aromatic N) is 3. The Labute approximate surface area is 156 Å². The molecular formula is C21H31N3O2. The van der Waals surface area contributed by atoms with Crippen LogP contribution in [0.5, 0.6) is 0 Å². The molecule has 0 bridgehead atoms. The van der Waals surface area contributed by atoms with Gasteiger partial charge in [0, 0.05) is 44.3 Å². The molecule has 0 unspecified atom stereocenters. The molecule has 5 heteroatoms. The van der Waals surface area contributed by atoms with Gasteiger partial charge in [-0.15, -0.1) is 0 Å². The van der Waals surface area contributed by atoms with Crippen LogP contribution in [0.15, 0.2) is 18.2 Å². The first-order valence-corrected chi connectivity index (χ1v) is 9.93. The Hall–Kier alpha value is -2.04. The summed E-state index contributed by atoms with van der Waals surface area (Å²) in [5.74, 6) is 0.212. The minimum absolute atomic E-state index is 0.0124. The Kier molecular flexibility index (Phi) is 5.84. The molecule has 0 aliphatic carbocycles. The van der Waals surface area contributed by atoms with Crippen LogP contribution >= 0.6 is 0 Å². The summed E-state index contributed by atoms with van der Waals surface area (Å²) in [7, 11) is 0. The van der Waals surface area contributed by atoms with Crippen molar-refractivity contribution in [3.8, 4) is 0 Å². The van der Waals surface area contributed by atoms with Crippen LogP contribution in [0.25, 0.3) is 0 Å². The predicted molar refractivity (Wildman–Crippen MR) is 104 cm³/mol. The van der Waals surface area contributed by atoms with Crippen molar-refractivity contribution in [2.24, 2.45) is 5.92 Å². The molecule has 26 heavy (non-hydrogen) atoms. The zero-order valence-corrected chi connectivity index (χ0v) is 16.3. The van der Waals surface area contributed by atoms with Crippen LogP contribution < -0.4 is 4.90 Å². The van der Waals surface area contributed by atoms with Gasteiger partial charge in [0.1, 0.15) is 0 Å². The maximum Gasteiger partial charge on any atom is 0.319 e. The summed E-state index contributed by atoms with van der Waals surface area (Å²) in [6.07, 6.45) is 3.75. The highest BCUT2D eigenvalue weighted by Crippen LogP contribution is 2.26. The summed E-state index contributed by atoms with van der Waals surface area (Å²) in [5.41, 5.74) is 3.35. The lowest BCUT2D eigenvalue weighted by Crippen LogP contribution is -2.48. The van der Waals surface area contributed by atoms with Gasteiger partial charge in [-0.05, 0) is 69.7 Å². The number of aryl methyl sites for hydroxylation is 2. The fourth-order valence-electron chi connectivity index (χ4n) is 4.22. The van der Waals surface area contributed by atoms with E-state index in [2.05, 4.69) is 32.0 Å². The van der Waals surface area contributed by atoms with Gasteiger partial charge in [-0.25, -0.2) is 4.79 Å². The molecule has 2 saturated heterocycles. The van der Waals surface area contributed by atoms with Crippen molar-refractivity contribution in [2.75, 3.05) is 37.6 Å². The van der Waals surface area contributed by atoms with E-state index in [9.17, 15) is 9.59 Å². The summed E-state index contributed by atoms with van der Waals surface area (Å²) in [6.45, 7) is 9.99. The lowest BCUT2D eigenvalue weighted by molar-refractivity contribution is -0.123. The van der Waals surface area contributed by atoms with Gasteiger partial charge in [0.05, 0.1) is 0 Å². The molecule has 0 spiro atoms. The number of likely N-dealkylation sites (tertiary alicyclic amines) is 2. The number of benzene rings is 1. The molecule has 3 amide bonds. The van der Waals surface area contributed by atoms with Crippen molar-refractivity contribution in [2.45, 2.75) is 46.5 Å². The lowest BCUT2D eigenvalue weighted by atomic mass is 9.95. The number of piperidine rings is 1. The normalized spacial score (nSPS) is 18.3. The summed E-state index contributed by atoms with van der Waals surface area (Å²) >= 11 is 0. The summed E-state index contributed by atoms with van der Waals surface area (Å²) < 4.78 is 0. The predicted octanol–water partition coefficient (Wildman–Crippen LogP) is 3.58. The first-order valence-electron chi connectivity index (χ1n) is 9.93. The zero-order chi connectivity index (χ0) is 18.7. The molecule has 142 valence electrons. The SMILES string of the molecule is CCN(C(=O)C1CCN(C(=O)N2CCCC2)CC1)c1cc(C)cc(C)c1. The maximum absolute atomic E-state index is 13.1. The van der Waals surface area contributed by atoms with Gasteiger partial charge in [-0.3, -0.25) is 4.79 Å². The van der Waals surface area contributed by atoms with Crippen molar-refractivity contribution < 1.29 is 9.59 Å². The van der Waals surface area contributed by atoms with E-state index >= 15 is 0 Å². The van der Waals surface area contributed by atoms with Crippen molar-refractivity contribution in [1.29, 1.82) is 0 Å². The maximum atomic E-state index is 13.1.